The Kier molecular flexibility index (Phi) is 5.88. The first-order valence-electron chi connectivity index (χ1n) is 10.0. The molecule has 0 saturated carbocycles. The van der Waals surface area contributed by atoms with Gasteiger partial charge >= 0.3 is 0 Å². The second kappa shape index (κ2) is 8.72. The van der Waals surface area contributed by atoms with Crippen LogP contribution in [0.15, 0.2) is 66.9 Å². The maximum Gasteiger partial charge on any atom is 0.146 e. The van der Waals surface area contributed by atoms with Gasteiger partial charge in [-0.05, 0) is 36.2 Å². The van der Waals surface area contributed by atoms with Crippen LogP contribution in [0.5, 0.6) is 0 Å². The van der Waals surface area contributed by atoms with Crippen LogP contribution in [0.3, 0.4) is 0 Å². The number of piperazine rings is 1. The van der Waals surface area contributed by atoms with Crippen molar-refractivity contribution in [1.82, 2.24) is 9.88 Å². The summed E-state index contributed by atoms with van der Waals surface area (Å²) in [5.74, 6) is -0.301. The van der Waals surface area contributed by atoms with Gasteiger partial charge in [-0.2, -0.15) is 0 Å². The predicted octanol–water partition coefficient (Wildman–Crippen LogP) is 3.93. The highest BCUT2D eigenvalue weighted by molar-refractivity contribution is 5.57. The van der Waals surface area contributed by atoms with Gasteiger partial charge in [0.1, 0.15) is 11.9 Å². The second-order valence-corrected chi connectivity index (χ2v) is 7.52. The lowest BCUT2D eigenvalue weighted by atomic mass is 10.0. The maximum atomic E-state index is 14.8. The van der Waals surface area contributed by atoms with Crippen molar-refractivity contribution in [2.75, 3.05) is 31.1 Å². The molecule has 1 saturated heterocycles. The molecule has 2 heterocycles. The van der Waals surface area contributed by atoms with E-state index in [1.165, 1.54) is 17.2 Å². The Morgan fingerprint density at radius 2 is 1.72 bits per heavy atom. The fourth-order valence-electron chi connectivity index (χ4n) is 3.94. The van der Waals surface area contributed by atoms with Crippen LogP contribution in [0.2, 0.25) is 0 Å². The zero-order chi connectivity index (χ0) is 20.2. The fraction of sp³-hybridized carbons (Fsp3) is 0.292. The molecule has 1 aromatic heterocycles. The summed E-state index contributed by atoms with van der Waals surface area (Å²) in [7, 11) is 0. The molecule has 1 atom stereocenters. The number of anilines is 1. The van der Waals surface area contributed by atoms with Crippen molar-refractivity contribution in [2.24, 2.45) is 0 Å². The molecular formula is C24H26FN3O. The number of nitrogens with zero attached hydrogens (tertiary/aromatic N) is 3. The van der Waals surface area contributed by atoms with Gasteiger partial charge in [-0.3, -0.25) is 9.88 Å². The van der Waals surface area contributed by atoms with E-state index in [0.717, 1.165) is 32.7 Å². The van der Waals surface area contributed by atoms with Gasteiger partial charge in [0, 0.05) is 44.5 Å². The lowest BCUT2D eigenvalue weighted by Gasteiger charge is -2.37. The standard InChI is InChI=1S/C24H26FN3O/c1-18-7-2-3-8-19(18)17-27-13-15-28(16-14-27)23-20(9-6-10-21(23)25)24(29)22-11-4-5-12-26-22/h2-12,24,29H,13-17H2,1H3/t24-/m0/s1. The Balaban J connectivity index is 1.51. The quantitative estimate of drug-likeness (QED) is 0.715. The number of halogens is 1. The van der Waals surface area contributed by atoms with Gasteiger partial charge in [-0.25, -0.2) is 4.39 Å². The zero-order valence-electron chi connectivity index (χ0n) is 16.6. The Morgan fingerprint density at radius 1 is 0.966 bits per heavy atom. The van der Waals surface area contributed by atoms with Crippen molar-refractivity contribution < 1.29 is 9.50 Å². The third-order valence-corrected chi connectivity index (χ3v) is 5.62. The number of aryl methyl sites for hydroxylation is 1. The molecular weight excluding hydrogens is 365 g/mol. The number of hydrogen-bond donors (Lipinski definition) is 1. The van der Waals surface area contributed by atoms with Crippen LogP contribution in [0.1, 0.15) is 28.5 Å². The van der Waals surface area contributed by atoms with Crippen molar-refractivity contribution in [1.29, 1.82) is 0 Å². The van der Waals surface area contributed by atoms with Crippen LogP contribution < -0.4 is 4.90 Å². The summed E-state index contributed by atoms with van der Waals surface area (Å²) in [6, 6.07) is 18.7. The number of aliphatic hydroxyl groups excluding tert-OH is 1. The Bertz CT molecular complexity index is 955. The van der Waals surface area contributed by atoms with E-state index in [4.69, 9.17) is 0 Å². The highest BCUT2D eigenvalue weighted by Crippen LogP contribution is 2.33. The van der Waals surface area contributed by atoms with E-state index in [0.29, 0.717) is 16.9 Å². The van der Waals surface area contributed by atoms with Gasteiger partial charge in [-0.15, -0.1) is 0 Å². The van der Waals surface area contributed by atoms with Crippen molar-refractivity contribution in [3.05, 3.63) is 95.1 Å². The summed E-state index contributed by atoms with van der Waals surface area (Å²) < 4.78 is 14.8. The van der Waals surface area contributed by atoms with Crippen LogP contribution in [0.25, 0.3) is 0 Å². The molecule has 1 aliphatic rings. The van der Waals surface area contributed by atoms with Crippen LogP contribution in [0, 0.1) is 12.7 Å². The number of hydrogen-bond acceptors (Lipinski definition) is 4. The van der Waals surface area contributed by atoms with E-state index in [9.17, 15) is 9.50 Å². The minimum Gasteiger partial charge on any atom is -0.382 e. The van der Waals surface area contributed by atoms with Gasteiger partial charge in [0.25, 0.3) is 0 Å². The zero-order valence-corrected chi connectivity index (χ0v) is 16.6. The van der Waals surface area contributed by atoms with E-state index in [1.807, 2.05) is 11.0 Å². The topological polar surface area (TPSA) is 39.6 Å². The lowest BCUT2D eigenvalue weighted by Crippen LogP contribution is -2.46. The normalized spacial score (nSPS) is 16.0. The molecule has 29 heavy (non-hydrogen) atoms. The molecule has 1 N–H and O–H groups in total. The molecule has 3 aromatic rings. The summed E-state index contributed by atoms with van der Waals surface area (Å²) in [5.41, 5.74) is 4.21. The molecule has 4 rings (SSSR count). The molecule has 150 valence electrons. The average Bonchev–Trinajstić information content (AvgIpc) is 2.76. The molecule has 0 spiro atoms. The van der Waals surface area contributed by atoms with E-state index in [-0.39, 0.29) is 5.82 Å². The number of benzene rings is 2. The molecule has 5 heteroatoms. The number of pyridine rings is 1. The number of rotatable bonds is 5. The van der Waals surface area contributed by atoms with Gasteiger partial charge in [0.05, 0.1) is 11.4 Å². The first-order chi connectivity index (χ1) is 14.1. The van der Waals surface area contributed by atoms with Crippen LogP contribution >= 0.6 is 0 Å². The summed E-state index contributed by atoms with van der Waals surface area (Å²) in [6.07, 6.45) is 0.689. The third-order valence-electron chi connectivity index (χ3n) is 5.62. The third kappa shape index (κ3) is 4.31. The van der Waals surface area contributed by atoms with E-state index < -0.39 is 6.10 Å². The first kappa shape index (κ1) is 19.6. The first-order valence-corrected chi connectivity index (χ1v) is 10.0. The van der Waals surface area contributed by atoms with E-state index in [2.05, 4.69) is 41.1 Å². The molecule has 2 aromatic carbocycles. The minimum atomic E-state index is -0.952. The predicted molar refractivity (Wildman–Crippen MR) is 113 cm³/mol. The number of aliphatic hydroxyl groups is 1. The lowest BCUT2D eigenvalue weighted by molar-refractivity contribution is 0.213. The van der Waals surface area contributed by atoms with Crippen molar-refractivity contribution in [2.45, 2.75) is 19.6 Å². The van der Waals surface area contributed by atoms with Gasteiger partial charge in [0.2, 0.25) is 0 Å². The molecule has 0 aliphatic carbocycles. The Morgan fingerprint density at radius 3 is 2.45 bits per heavy atom. The maximum absolute atomic E-state index is 14.8. The van der Waals surface area contributed by atoms with Gasteiger partial charge < -0.3 is 10.0 Å². The van der Waals surface area contributed by atoms with Crippen LogP contribution in [0.4, 0.5) is 10.1 Å². The highest BCUT2D eigenvalue weighted by Gasteiger charge is 2.25. The van der Waals surface area contributed by atoms with Crippen LogP contribution in [-0.4, -0.2) is 41.2 Å². The molecule has 1 aliphatic heterocycles. The average molecular weight is 391 g/mol. The molecule has 0 amide bonds. The fourth-order valence-corrected chi connectivity index (χ4v) is 3.94. The summed E-state index contributed by atoms with van der Waals surface area (Å²) in [5, 5.41) is 10.8. The van der Waals surface area contributed by atoms with Crippen molar-refractivity contribution in [3.63, 3.8) is 0 Å². The second-order valence-electron chi connectivity index (χ2n) is 7.52. The Labute approximate surface area is 171 Å². The SMILES string of the molecule is Cc1ccccc1CN1CCN(c2c(F)cccc2[C@H](O)c2ccccn2)CC1. The van der Waals surface area contributed by atoms with E-state index in [1.54, 1.807) is 30.5 Å². The molecule has 0 unspecified atom stereocenters. The molecule has 0 radical (unpaired) electrons. The number of para-hydroxylation sites is 1. The van der Waals surface area contributed by atoms with Gasteiger partial charge in [-0.1, -0.05) is 42.5 Å². The van der Waals surface area contributed by atoms with Crippen LogP contribution in [-0.2, 0) is 6.54 Å². The largest absolute Gasteiger partial charge is 0.382 e. The molecule has 1 fully saturated rings. The summed E-state index contributed by atoms with van der Waals surface area (Å²) in [6.45, 7) is 6.17. The summed E-state index contributed by atoms with van der Waals surface area (Å²) >= 11 is 0. The smallest absolute Gasteiger partial charge is 0.146 e. The Hall–Kier alpha value is -2.76. The molecule has 0 bridgehead atoms. The monoisotopic (exact) mass is 391 g/mol. The van der Waals surface area contributed by atoms with Gasteiger partial charge in [0.15, 0.2) is 0 Å². The minimum absolute atomic E-state index is 0.301. The summed E-state index contributed by atoms with van der Waals surface area (Å²) in [4.78, 5) is 8.68. The van der Waals surface area contributed by atoms with Crippen molar-refractivity contribution >= 4 is 5.69 Å². The number of aromatic nitrogens is 1. The van der Waals surface area contributed by atoms with Crippen molar-refractivity contribution in [3.8, 4) is 0 Å². The van der Waals surface area contributed by atoms with E-state index >= 15 is 0 Å². The molecule has 4 nitrogen and oxygen atoms in total. The highest BCUT2D eigenvalue weighted by atomic mass is 19.1.